The van der Waals surface area contributed by atoms with E-state index in [-0.39, 0.29) is 5.41 Å². The lowest BCUT2D eigenvalue weighted by Gasteiger charge is -2.38. The number of hydrogen-bond donors (Lipinski definition) is 1. The van der Waals surface area contributed by atoms with Crippen molar-refractivity contribution < 1.29 is 4.79 Å². The Kier molecular flexibility index (Phi) is 4.66. The lowest BCUT2D eigenvalue weighted by molar-refractivity contribution is -0.142. The molecule has 3 nitrogen and oxygen atoms in total. The highest BCUT2D eigenvalue weighted by atomic mass is 16.2. The molecule has 18 heavy (non-hydrogen) atoms. The Hall–Kier alpha value is -0.570. The topological polar surface area (TPSA) is 46.3 Å². The molecule has 1 amide bonds. The minimum absolute atomic E-state index is 0.231. The van der Waals surface area contributed by atoms with Crippen LogP contribution in [0.2, 0.25) is 0 Å². The standard InChI is InChI=1S/C15H28N2O/c1-17(11-13-7-3-4-8-13)14(18)15(12-16)9-5-2-6-10-15/h13H,2-12,16H2,1H3. The third kappa shape index (κ3) is 2.87. The lowest BCUT2D eigenvalue weighted by atomic mass is 9.73. The smallest absolute Gasteiger partial charge is 0.229 e. The quantitative estimate of drug-likeness (QED) is 0.836. The maximum Gasteiger partial charge on any atom is 0.229 e. The summed E-state index contributed by atoms with van der Waals surface area (Å²) in [5.41, 5.74) is 5.71. The first-order valence-electron chi connectivity index (χ1n) is 7.63. The number of carbonyl (C=O) groups is 1. The number of carbonyl (C=O) groups excluding carboxylic acids is 1. The number of hydrogen-bond acceptors (Lipinski definition) is 2. The van der Waals surface area contributed by atoms with Gasteiger partial charge in [-0.1, -0.05) is 32.1 Å². The van der Waals surface area contributed by atoms with Gasteiger partial charge in [0.05, 0.1) is 5.41 Å². The van der Waals surface area contributed by atoms with Crippen molar-refractivity contribution in [2.75, 3.05) is 20.1 Å². The summed E-state index contributed by atoms with van der Waals surface area (Å²) < 4.78 is 0. The van der Waals surface area contributed by atoms with Gasteiger partial charge in [0.25, 0.3) is 0 Å². The fraction of sp³-hybridized carbons (Fsp3) is 0.933. The molecule has 2 rings (SSSR count). The summed E-state index contributed by atoms with van der Waals surface area (Å²) in [4.78, 5) is 14.7. The molecule has 104 valence electrons. The van der Waals surface area contributed by atoms with E-state index in [0.29, 0.717) is 12.5 Å². The van der Waals surface area contributed by atoms with Gasteiger partial charge in [0, 0.05) is 20.1 Å². The lowest BCUT2D eigenvalue weighted by Crippen LogP contribution is -2.48. The molecule has 2 aliphatic rings. The van der Waals surface area contributed by atoms with Crippen molar-refractivity contribution in [2.24, 2.45) is 17.1 Å². The summed E-state index contributed by atoms with van der Waals surface area (Å²) in [5.74, 6) is 1.05. The second-order valence-electron chi connectivity index (χ2n) is 6.38. The van der Waals surface area contributed by atoms with E-state index >= 15 is 0 Å². The van der Waals surface area contributed by atoms with Gasteiger partial charge in [-0.3, -0.25) is 4.79 Å². The molecule has 0 heterocycles. The van der Waals surface area contributed by atoms with Gasteiger partial charge in [-0.15, -0.1) is 0 Å². The van der Waals surface area contributed by atoms with Gasteiger partial charge < -0.3 is 10.6 Å². The summed E-state index contributed by atoms with van der Waals surface area (Å²) in [7, 11) is 1.98. The van der Waals surface area contributed by atoms with Gasteiger partial charge in [0.15, 0.2) is 0 Å². The normalized spacial score (nSPS) is 24.1. The molecular formula is C15H28N2O. The van der Waals surface area contributed by atoms with Crippen LogP contribution in [0.15, 0.2) is 0 Å². The van der Waals surface area contributed by atoms with E-state index in [1.807, 2.05) is 11.9 Å². The minimum atomic E-state index is -0.231. The molecule has 2 fully saturated rings. The van der Waals surface area contributed by atoms with Crippen molar-refractivity contribution in [3.63, 3.8) is 0 Å². The van der Waals surface area contributed by atoms with E-state index in [2.05, 4.69) is 0 Å². The SMILES string of the molecule is CN(CC1CCCC1)C(=O)C1(CN)CCCCC1. The van der Waals surface area contributed by atoms with Crippen LogP contribution in [0.5, 0.6) is 0 Å². The monoisotopic (exact) mass is 252 g/mol. The highest BCUT2D eigenvalue weighted by Gasteiger charge is 2.40. The number of nitrogens with two attached hydrogens (primary N) is 1. The molecule has 0 unspecified atom stereocenters. The van der Waals surface area contributed by atoms with Crippen molar-refractivity contribution in [1.29, 1.82) is 0 Å². The Labute approximate surface area is 111 Å². The molecule has 0 spiro atoms. The fourth-order valence-electron chi connectivity index (χ4n) is 3.80. The highest BCUT2D eigenvalue weighted by molar-refractivity contribution is 5.83. The predicted molar refractivity (Wildman–Crippen MR) is 74.2 cm³/mol. The molecule has 2 saturated carbocycles. The molecule has 0 aromatic carbocycles. The van der Waals surface area contributed by atoms with Crippen LogP contribution in [0.4, 0.5) is 0 Å². The zero-order chi connectivity index (χ0) is 13.0. The fourth-order valence-corrected chi connectivity index (χ4v) is 3.80. The second-order valence-corrected chi connectivity index (χ2v) is 6.38. The first kappa shape index (κ1) is 13.9. The largest absolute Gasteiger partial charge is 0.345 e. The van der Waals surface area contributed by atoms with Gasteiger partial charge >= 0.3 is 0 Å². The summed E-state index contributed by atoms with van der Waals surface area (Å²) in [5, 5.41) is 0. The molecule has 0 atom stereocenters. The van der Waals surface area contributed by atoms with Crippen molar-refractivity contribution in [2.45, 2.75) is 57.8 Å². The average molecular weight is 252 g/mol. The van der Waals surface area contributed by atoms with Gasteiger partial charge in [-0.2, -0.15) is 0 Å². The number of amides is 1. The van der Waals surface area contributed by atoms with E-state index in [1.165, 1.54) is 44.9 Å². The molecular weight excluding hydrogens is 224 g/mol. The Morgan fingerprint density at radius 1 is 1.17 bits per heavy atom. The number of nitrogens with zero attached hydrogens (tertiary/aromatic N) is 1. The minimum Gasteiger partial charge on any atom is -0.345 e. The Morgan fingerprint density at radius 2 is 1.78 bits per heavy atom. The Balaban J connectivity index is 1.94. The van der Waals surface area contributed by atoms with Crippen LogP contribution in [-0.2, 0) is 4.79 Å². The zero-order valence-electron chi connectivity index (χ0n) is 11.8. The third-order valence-electron chi connectivity index (χ3n) is 5.01. The molecule has 2 N–H and O–H groups in total. The van der Waals surface area contributed by atoms with Crippen LogP contribution in [-0.4, -0.2) is 30.9 Å². The molecule has 2 aliphatic carbocycles. The molecule has 0 saturated heterocycles. The Morgan fingerprint density at radius 3 is 2.33 bits per heavy atom. The van der Waals surface area contributed by atoms with Gasteiger partial charge in [-0.25, -0.2) is 0 Å². The van der Waals surface area contributed by atoms with E-state index in [1.54, 1.807) is 0 Å². The van der Waals surface area contributed by atoms with Crippen LogP contribution in [0, 0.1) is 11.3 Å². The maximum absolute atomic E-state index is 12.7. The number of rotatable bonds is 4. The molecule has 3 heteroatoms. The Bertz CT molecular complexity index is 278. The van der Waals surface area contributed by atoms with Crippen molar-refractivity contribution in [3.05, 3.63) is 0 Å². The third-order valence-corrected chi connectivity index (χ3v) is 5.01. The molecule has 0 bridgehead atoms. The van der Waals surface area contributed by atoms with E-state index in [9.17, 15) is 4.79 Å². The zero-order valence-corrected chi connectivity index (χ0v) is 11.8. The molecule has 0 aromatic heterocycles. The van der Waals surface area contributed by atoms with Crippen molar-refractivity contribution >= 4 is 5.91 Å². The first-order chi connectivity index (χ1) is 8.68. The molecule has 0 aliphatic heterocycles. The van der Waals surface area contributed by atoms with Crippen LogP contribution < -0.4 is 5.73 Å². The van der Waals surface area contributed by atoms with E-state index < -0.39 is 0 Å². The first-order valence-corrected chi connectivity index (χ1v) is 7.63. The second kappa shape index (κ2) is 6.05. The summed E-state index contributed by atoms with van der Waals surface area (Å²) in [6.45, 7) is 1.47. The van der Waals surface area contributed by atoms with Crippen LogP contribution in [0.25, 0.3) is 0 Å². The predicted octanol–water partition coefficient (Wildman–Crippen LogP) is 2.54. The summed E-state index contributed by atoms with van der Waals surface area (Å²) >= 11 is 0. The van der Waals surface area contributed by atoms with Gasteiger partial charge in [0.1, 0.15) is 0 Å². The van der Waals surface area contributed by atoms with E-state index in [4.69, 9.17) is 5.73 Å². The average Bonchev–Trinajstić information content (AvgIpc) is 2.91. The summed E-state index contributed by atoms with van der Waals surface area (Å²) in [6, 6.07) is 0. The molecule has 0 aromatic rings. The van der Waals surface area contributed by atoms with Crippen molar-refractivity contribution in [1.82, 2.24) is 4.90 Å². The van der Waals surface area contributed by atoms with Crippen LogP contribution >= 0.6 is 0 Å². The van der Waals surface area contributed by atoms with Gasteiger partial charge in [0.2, 0.25) is 5.91 Å². The molecule has 0 radical (unpaired) electrons. The van der Waals surface area contributed by atoms with E-state index in [0.717, 1.165) is 25.3 Å². The summed E-state index contributed by atoms with van der Waals surface area (Å²) in [6.07, 6.45) is 10.9. The van der Waals surface area contributed by atoms with Crippen molar-refractivity contribution in [3.8, 4) is 0 Å². The van der Waals surface area contributed by atoms with Crippen LogP contribution in [0.3, 0.4) is 0 Å². The van der Waals surface area contributed by atoms with Gasteiger partial charge in [-0.05, 0) is 31.6 Å². The highest BCUT2D eigenvalue weighted by Crippen LogP contribution is 2.37. The maximum atomic E-state index is 12.7. The van der Waals surface area contributed by atoms with Crippen LogP contribution in [0.1, 0.15) is 57.8 Å².